The average Bonchev–Trinajstić information content (AvgIpc) is 3.11. The molecule has 2 rings (SSSR count). The molecule has 0 saturated heterocycles. The lowest BCUT2D eigenvalue weighted by atomic mass is 10.3. The van der Waals surface area contributed by atoms with E-state index >= 15 is 0 Å². The summed E-state index contributed by atoms with van der Waals surface area (Å²) in [6, 6.07) is 9.72. The summed E-state index contributed by atoms with van der Waals surface area (Å²) in [6.07, 6.45) is 2.58. The first-order chi connectivity index (χ1) is 11.8. The third-order valence-electron chi connectivity index (χ3n) is 3.17. The Bertz CT molecular complexity index is 613. The van der Waals surface area contributed by atoms with Gasteiger partial charge in [0.05, 0.1) is 18.8 Å². The highest BCUT2D eigenvalue weighted by atomic mass is 16.5. The average molecular weight is 331 g/mol. The van der Waals surface area contributed by atoms with E-state index < -0.39 is 0 Å². The lowest BCUT2D eigenvalue weighted by Gasteiger charge is -2.12. The third kappa shape index (κ3) is 6.29. The Hall–Kier alpha value is -2.54. The molecule has 3 N–H and O–H groups in total. The summed E-state index contributed by atoms with van der Waals surface area (Å²) in [4.78, 5) is 4.53. The maximum absolute atomic E-state index is 5.72. The predicted molar refractivity (Wildman–Crippen MR) is 95.5 cm³/mol. The fourth-order valence-corrected chi connectivity index (χ4v) is 2.04. The molecular formula is C17H25N5O2. The summed E-state index contributed by atoms with van der Waals surface area (Å²) >= 11 is 0. The van der Waals surface area contributed by atoms with Crippen molar-refractivity contribution in [2.24, 2.45) is 4.99 Å². The number of methoxy groups -OCH3 is 1. The molecule has 0 aliphatic carbocycles. The molecule has 1 heterocycles. The molecule has 0 saturated carbocycles. The quantitative estimate of drug-likeness (QED) is 0.373. The van der Waals surface area contributed by atoms with Gasteiger partial charge in [-0.05, 0) is 25.1 Å². The second-order valence-corrected chi connectivity index (χ2v) is 5.12. The van der Waals surface area contributed by atoms with Gasteiger partial charge in [-0.2, -0.15) is 5.10 Å². The minimum absolute atomic E-state index is 0.530. The first-order valence-corrected chi connectivity index (χ1v) is 8.07. The summed E-state index contributed by atoms with van der Waals surface area (Å²) in [7, 11) is 1.69. The number of benzene rings is 1. The SMILES string of the molecule is CCNC(=NCc1ccn[nH]1)Nc1cccc(OCCCOC)c1. The maximum atomic E-state index is 5.72. The molecule has 1 aromatic heterocycles. The molecule has 0 aliphatic rings. The van der Waals surface area contributed by atoms with E-state index in [2.05, 4.69) is 25.8 Å². The number of aromatic amines is 1. The van der Waals surface area contributed by atoms with E-state index in [4.69, 9.17) is 9.47 Å². The van der Waals surface area contributed by atoms with Crippen molar-refractivity contribution < 1.29 is 9.47 Å². The first kappa shape index (κ1) is 17.8. The molecule has 0 atom stereocenters. The van der Waals surface area contributed by atoms with Crippen molar-refractivity contribution in [3.63, 3.8) is 0 Å². The van der Waals surface area contributed by atoms with Crippen LogP contribution in [0.2, 0.25) is 0 Å². The molecule has 7 nitrogen and oxygen atoms in total. The van der Waals surface area contributed by atoms with E-state index in [1.54, 1.807) is 13.3 Å². The summed E-state index contributed by atoms with van der Waals surface area (Å²) in [5.41, 5.74) is 1.88. The van der Waals surface area contributed by atoms with Crippen molar-refractivity contribution in [1.29, 1.82) is 0 Å². The topological polar surface area (TPSA) is 83.6 Å². The number of rotatable bonds is 9. The van der Waals surface area contributed by atoms with Crippen LogP contribution >= 0.6 is 0 Å². The number of hydrogen-bond donors (Lipinski definition) is 3. The number of anilines is 1. The Morgan fingerprint density at radius 3 is 2.96 bits per heavy atom. The highest BCUT2D eigenvalue weighted by molar-refractivity contribution is 5.93. The van der Waals surface area contributed by atoms with E-state index in [9.17, 15) is 0 Å². The van der Waals surface area contributed by atoms with Crippen LogP contribution < -0.4 is 15.4 Å². The zero-order valence-electron chi connectivity index (χ0n) is 14.2. The Balaban J connectivity index is 1.94. The molecule has 130 valence electrons. The monoisotopic (exact) mass is 331 g/mol. The largest absolute Gasteiger partial charge is 0.493 e. The molecule has 1 aromatic carbocycles. The predicted octanol–water partition coefficient (Wildman–Crippen LogP) is 2.40. The summed E-state index contributed by atoms with van der Waals surface area (Å²) in [6.45, 7) is 4.67. The Kier molecular flexibility index (Phi) is 7.62. The van der Waals surface area contributed by atoms with Gasteiger partial charge in [-0.25, -0.2) is 4.99 Å². The lowest BCUT2D eigenvalue weighted by molar-refractivity contribution is 0.172. The third-order valence-corrected chi connectivity index (χ3v) is 3.17. The summed E-state index contributed by atoms with van der Waals surface area (Å²) < 4.78 is 10.7. The second kappa shape index (κ2) is 10.3. The standard InChI is InChI=1S/C17H25N5O2/c1-3-18-17(19-13-15-8-9-20-22-15)21-14-6-4-7-16(12-14)24-11-5-10-23-2/h4,6-9,12H,3,5,10-11,13H2,1-2H3,(H,20,22)(H2,18,19,21). The molecule has 2 aromatic rings. The van der Waals surface area contributed by atoms with Gasteiger partial charge in [0.2, 0.25) is 0 Å². The fraction of sp³-hybridized carbons (Fsp3) is 0.412. The van der Waals surface area contributed by atoms with Crippen molar-refractivity contribution in [3.8, 4) is 5.75 Å². The number of H-pyrrole nitrogens is 1. The molecule has 0 amide bonds. The smallest absolute Gasteiger partial charge is 0.196 e. The molecule has 0 spiro atoms. The van der Waals surface area contributed by atoms with Gasteiger partial charge in [0.15, 0.2) is 5.96 Å². The lowest BCUT2D eigenvalue weighted by Crippen LogP contribution is -2.30. The molecule has 0 bridgehead atoms. The maximum Gasteiger partial charge on any atom is 0.196 e. The van der Waals surface area contributed by atoms with E-state index in [-0.39, 0.29) is 0 Å². The fourth-order valence-electron chi connectivity index (χ4n) is 2.04. The number of nitrogens with one attached hydrogen (secondary N) is 3. The highest BCUT2D eigenvalue weighted by Crippen LogP contribution is 2.17. The van der Waals surface area contributed by atoms with Crippen LogP contribution in [0.25, 0.3) is 0 Å². The number of hydrogen-bond acceptors (Lipinski definition) is 4. The molecular weight excluding hydrogens is 306 g/mol. The minimum Gasteiger partial charge on any atom is -0.493 e. The van der Waals surface area contributed by atoms with E-state index in [0.717, 1.165) is 30.1 Å². The van der Waals surface area contributed by atoms with Crippen molar-refractivity contribution in [2.75, 3.05) is 32.2 Å². The zero-order chi connectivity index (χ0) is 17.0. The Labute approximate surface area is 142 Å². The molecule has 0 unspecified atom stereocenters. The van der Waals surface area contributed by atoms with Crippen LogP contribution in [0, 0.1) is 0 Å². The minimum atomic E-state index is 0.530. The van der Waals surface area contributed by atoms with Crippen molar-refractivity contribution >= 4 is 11.6 Å². The van der Waals surface area contributed by atoms with Crippen molar-refractivity contribution in [1.82, 2.24) is 15.5 Å². The van der Waals surface area contributed by atoms with Crippen LogP contribution in [0.5, 0.6) is 5.75 Å². The number of guanidine groups is 1. The van der Waals surface area contributed by atoms with Crippen LogP contribution in [0.15, 0.2) is 41.5 Å². The molecule has 7 heteroatoms. The van der Waals surface area contributed by atoms with Gasteiger partial charge in [0.1, 0.15) is 5.75 Å². The van der Waals surface area contributed by atoms with E-state index in [1.807, 2.05) is 37.3 Å². The normalized spacial score (nSPS) is 11.3. The van der Waals surface area contributed by atoms with Crippen LogP contribution in [0.1, 0.15) is 19.0 Å². The van der Waals surface area contributed by atoms with Gasteiger partial charge < -0.3 is 20.1 Å². The molecule has 24 heavy (non-hydrogen) atoms. The molecule has 0 aliphatic heterocycles. The summed E-state index contributed by atoms with van der Waals surface area (Å²) in [5, 5.41) is 13.3. The van der Waals surface area contributed by atoms with Crippen molar-refractivity contribution in [3.05, 3.63) is 42.2 Å². The van der Waals surface area contributed by atoms with Crippen LogP contribution in [-0.2, 0) is 11.3 Å². The van der Waals surface area contributed by atoms with Gasteiger partial charge >= 0.3 is 0 Å². The first-order valence-electron chi connectivity index (χ1n) is 8.07. The van der Waals surface area contributed by atoms with Crippen LogP contribution in [0.4, 0.5) is 5.69 Å². The van der Waals surface area contributed by atoms with Gasteiger partial charge in [0.25, 0.3) is 0 Å². The molecule has 0 radical (unpaired) electrons. The van der Waals surface area contributed by atoms with Gasteiger partial charge in [-0.3, -0.25) is 5.10 Å². The second-order valence-electron chi connectivity index (χ2n) is 5.12. The van der Waals surface area contributed by atoms with Gasteiger partial charge in [-0.1, -0.05) is 6.07 Å². The van der Waals surface area contributed by atoms with E-state index in [1.165, 1.54) is 0 Å². The zero-order valence-corrected chi connectivity index (χ0v) is 14.2. The van der Waals surface area contributed by atoms with E-state index in [0.29, 0.717) is 25.7 Å². The number of aliphatic imine (C=N–C) groups is 1. The summed E-state index contributed by atoms with van der Waals surface area (Å²) in [5.74, 6) is 1.53. The van der Waals surface area contributed by atoms with Crippen LogP contribution in [0.3, 0.4) is 0 Å². The van der Waals surface area contributed by atoms with Crippen LogP contribution in [-0.4, -0.2) is 43.0 Å². The number of nitrogens with zero attached hydrogens (tertiary/aromatic N) is 2. The Morgan fingerprint density at radius 2 is 2.21 bits per heavy atom. The Morgan fingerprint density at radius 1 is 1.29 bits per heavy atom. The van der Waals surface area contributed by atoms with Gasteiger partial charge in [0, 0.05) is 44.6 Å². The van der Waals surface area contributed by atoms with Crippen molar-refractivity contribution in [2.45, 2.75) is 19.9 Å². The number of ether oxygens (including phenoxy) is 2. The number of aromatic nitrogens is 2. The van der Waals surface area contributed by atoms with Gasteiger partial charge in [-0.15, -0.1) is 0 Å². The molecule has 0 fully saturated rings. The highest BCUT2D eigenvalue weighted by Gasteiger charge is 2.02.